The number of hydrogen-bond acceptors (Lipinski definition) is 2. The molecule has 3 heteroatoms. The third-order valence-electron chi connectivity index (χ3n) is 2.97. The van der Waals surface area contributed by atoms with Gasteiger partial charge in [-0.25, -0.2) is 0 Å². The van der Waals surface area contributed by atoms with E-state index in [4.69, 9.17) is 0 Å². The molecule has 2 nitrogen and oxygen atoms in total. The summed E-state index contributed by atoms with van der Waals surface area (Å²) < 4.78 is 5.10. The van der Waals surface area contributed by atoms with E-state index in [1.165, 1.54) is 23.3 Å². The van der Waals surface area contributed by atoms with Crippen LogP contribution in [0.4, 0.5) is 0 Å². The van der Waals surface area contributed by atoms with Gasteiger partial charge in [0, 0.05) is 0 Å². The first-order valence-electron chi connectivity index (χ1n) is 5.36. The summed E-state index contributed by atoms with van der Waals surface area (Å²) in [5.41, 5.74) is 0. The molecule has 0 saturated carbocycles. The van der Waals surface area contributed by atoms with Gasteiger partial charge in [-0.05, 0) is 0 Å². The Morgan fingerprint density at radius 1 is 0.769 bits per heavy atom. The molecule has 0 aromatic carbocycles. The monoisotopic (exact) mass is 248 g/mol. The first-order valence-corrected chi connectivity index (χ1v) is 10.2. The molecule has 0 fully saturated rings. The second kappa shape index (κ2) is 6.04. The zero-order valence-electron chi connectivity index (χ0n) is 10.2. The predicted molar refractivity (Wildman–Crippen MR) is 63.3 cm³/mol. The maximum absolute atomic E-state index is 2.55. The van der Waals surface area contributed by atoms with E-state index in [1.54, 1.807) is 0 Å². The van der Waals surface area contributed by atoms with Crippen molar-refractivity contribution in [3.8, 4) is 0 Å². The van der Waals surface area contributed by atoms with E-state index in [-0.39, 0.29) is 0 Å². The summed E-state index contributed by atoms with van der Waals surface area (Å²) in [5, 5.41) is 2.88. The normalized spacial score (nSPS) is 12.9. The van der Waals surface area contributed by atoms with Gasteiger partial charge in [-0.15, -0.1) is 0 Å². The van der Waals surface area contributed by atoms with Gasteiger partial charge in [0.25, 0.3) is 0 Å². The van der Waals surface area contributed by atoms with Gasteiger partial charge in [0.05, 0.1) is 0 Å². The molecule has 0 atom stereocenters. The molecule has 0 saturated heterocycles. The molecule has 0 unspecified atom stereocenters. The predicted octanol–water partition coefficient (Wildman–Crippen LogP) is 2.37. The van der Waals surface area contributed by atoms with E-state index in [1.807, 2.05) is 0 Å². The molecular formula is C10H26GeN2. The van der Waals surface area contributed by atoms with Crippen molar-refractivity contribution < 1.29 is 0 Å². The molecule has 0 aromatic rings. The summed E-state index contributed by atoms with van der Waals surface area (Å²) in [7, 11) is 9.08. The van der Waals surface area contributed by atoms with E-state index in [0.717, 1.165) is 0 Å². The van der Waals surface area contributed by atoms with Crippen LogP contribution in [0, 0.1) is 0 Å². The van der Waals surface area contributed by atoms with E-state index in [9.17, 15) is 0 Å². The van der Waals surface area contributed by atoms with Crippen molar-refractivity contribution >= 4 is 13.7 Å². The molecule has 0 aliphatic heterocycles. The van der Waals surface area contributed by atoms with Gasteiger partial charge < -0.3 is 0 Å². The molecule has 0 spiro atoms. The molecule has 80 valence electrons. The van der Waals surface area contributed by atoms with Crippen LogP contribution in [-0.2, 0) is 0 Å². The van der Waals surface area contributed by atoms with Crippen LogP contribution >= 0.6 is 0 Å². The molecule has 13 heavy (non-hydrogen) atoms. The van der Waals surface area contributed by atoms with Gasteiger partial charge in [-0.3, -0.25) is 0 Å². The summed E-state index contributed by atoms with van der Waals surface area (Å²) >= 11 is -1.83. The van der Waals surface area contributed by atoms with E-state index in [2.05, 4.69) is 49.8 Å². The van der Waals surface area contributed by atoms with E-state index >= 15 is 0 Å². The van der Waals surface area contributed by atoms with Crippen LogP contribution < -0.4 is 0 Å². The Labute approximate surface area is 87.1 Å². The zero-order chi connectivity index (χ0) is 10.5. The maximum atomic E-state index is 2.55. The molecule has 0 bridgehead atoms. The van der Waals surface area contributed by atoms with Crippen LogP contribution in [0.1, 0.15) is 26.7 Å². The van der Waals surface area contributed by atoms with E-state index in [0.29, 0.717) is 0 Å². The third-order valence-corrected chi connectivity index (χ3v) is 15.4. The average Bonchev–Trinajstić information content (AvgIpc) is 2.03. The molecule has 0 N–H and O–H groups in total. The van der Waals surface area contributed by atoms with Crippen molar-refractivity contribution in [1.82, 2.24) is 7.71 Å². The zero-order valence-corrected chi connectivity index (χ0v) is 12.3. The fraction of sp³-hybridized carbons (Fsp3) is 1.00. The first kappa shape index (κ1) is 13.5. The van der Waals surface area contributed by atoms with Crippen LogP contribution in [0.5, 0.6) is 0 Å². The molecule has 0 aliphatic rings. The molecule has 0 rings (SSSR count). The number of rotatable bonds is 6. The Hall–Kier alpha value is 0.463. The Bertz CT molecular complexity index is 119. The first-order chi connectivity index (χ1) is 6.01. The van der Waals surface area contributed by atoms with Gasteiger partial charge in [-0.1, -0.05) is 0 Å². The fourth-order valence-corrected chi connectivity index (χ4v) is 11.5. The molecule has 0 amide bonds. The SMILES string of the molecule is CC[CH2][Ge]([CH2]CC)([N](C)C)[N](C)C. The van der Waals surface area contributed by atoms with Crippen molar-refractivity contribution in [2.45, 2.75) is 37.2 Å². The van der Waals surface area contributed by atoms with Crippen molar-refractivity contribution in [3.05, 3.63) is 0 Å². The standard InChI is InChI=1S/C10H26GeN2/c1-7-9-11(10-8-2,12(3)4)13(5)6/h7-10H2,1-6H3. The number of hydrogen-bond donors (Lipinski definition) is 0. The summed E-state index contributed by atoms with van der Waals surface area (Å²) in [5.74, 6) is 0. The van der Waals surface area contributed by atoms with Crippen molar-refractivity contribution in [2.24, 2.45) is 0 Å². The molecular weight excluding hydrogens is 221 g/mol. The summed E-state index contributed by atoms with van der Waals surface area (Å²) in [6.45, 7) is 4.62. The van der Waals surface area contributed by atoms with Crippen molar-refractivity contribution in [2.75, 3.05) is 28.2 Å². The van der Waals surface area contributed by atoms with Crippen molar-refractivity contribution in [3.63, 3.8) is 0 Å². The fourth-order valence-electron chi connectivity index (χ4n) is 2.22. The van der Waals surface area contributed by atoms with Gasteiger partial charge in [0.2, 0.25) is 0 Å². The summed E-state index contributed by atoms with van der Waals surface area (Å²) in [6, 6.07) is 0. The van der Waals surface area contributed by atoms with Gasteiger partial charge >= 0.3 is 86.8 Å². The van der Waals surface area contributed by atoms with Crippen LogP contribution in [0.15, 0.2) is 0 Å². The molecule has 0 aliphatic carbocycles. The van der Waals surface area contributed by atoms with Gasteiger partial charge in [-0.2, -0.15) is 0 Å². The Balaban J connectivity index is 4.59. The van der Waals surface area contributed by atoms with Crippen LogP contribution in [0.2, 0.25) is 10.5 Å². The minimum atomic E-state index is -1.83. The Morgan fingerprint density at radius 3 is 1.23 bits per heavy atom. The number of nitrogens with zero attached hydrogens (tertiary/aromatic N) is 2. The van der Waals surface area contributed by atoms with E-state index < -0.39 is 13.7 Å². The molecule has 0 heterocycles. The summed E-state index contributed by atoms with van der Waals surface area (Å²) in [6.07, 6.45) is 2.66. The second-order valence-electron chi connectivity index (χ2n) is 4.27. The van der Waals surface area contributed by atoms with Crippen LogP contribution in [0.3, 0.4) is 0 Å². The average molecular weight is 247 g/mol. The summed E-state index contributed by atoms with van der Waals surface area (Å²) in [4.78, 5) is 0. The molecule has 0 aromatic heterocycles. The van der Waals surface area contributed by atoms with Crippen LogP contribution in [-0.4, -0.2) is 49.6 Å². The van der Waals surface area contributed by atoms with Crippen molar-refractivity contribution in [1.29, 1.82) is 0 Å². The van der Waals surface area contributed by atoms with Gasteiger partial charge in [0.1, 0.15) is 0 Å². The topological polar surface area (TPSA) is 6.48 Å². The second-order valence-corrected chi connectivity index (χ2v) is 14.2. The molecule has 0 radical (unpaired) electrons. The Kier molecular flexibility index (Phi) is 6.26. The van der Waals surface area contributed by atoms with Gasteiger partial charge in [0.15, 0.2) is 0 Å². The van der Waals surface area contributed by atoms with Crippen LogP contribution in [0.25, 0.3) is 0 Å². The minimum absolute atomic E-state index is 1.33. The third kappa shape index (κ3) is 3.26. The Morgan fingerprint density at radius 2 is 1.08 bits per heavy atom. The quantitative estimate of drug-likeness (QED) is 0.664.